The molecule has 5 rings (SSSR count). The average Bonchev–Trinajstić information content (AvgIpc) is 3.53. The number of β-lactam (4-membered cyclic amide) rings is 1. The number of amides is 1. The van der Waals surface area contributed by atoms with Crippen LogP contribution in [-0.2, 0) is 34.3 Å². The van der Waals surface area contributed by atoms with Crippen molar-refractivity contribution in [2.45, 2.75) is 70.4 Å². The number of aliphatic hydroxyl groups excluding tert-OH is 1. The Morgan fingerprint density at radius 1 is 1.14 bits per heavy atom. The number of thiazole rings is 1. The van der Waals surface area contributed by atoms with Crippen LogP contribution in [-0.4, -0.2) is 70.3 Å². The summed E-state index contributed by atoms with van der Waals surface area (Å²) in [6, 6.07) is 6.24. The third-order valence-corrected chi connectivity index (χ3v) is 10.1. The van der Waals surface area contributed by atoms with E-state index in [1.54, 1.807) is 35.9 Å². The van der Waals surface area contributed by atoms with Crippen LogP contribution in [0.5, 0.6) is 0 Å². The lowest BCUT2D eigenvalue weighted by Crippen LogP contribution is -2.66. The highest BCUT2D eigenvalue weighted by atomic mass is 32.2. The van der Waals surface area contributed by atoms with Gasteiger partial charge in [-0.25, -0.2) is 18.2 Å². The average molecular weight is 616 g/mol. The van der Waals surface area contributed by atoms with E-state index in [2.05, 4.69) is 25.8 Å². The summed E-state index contributed by atoms with van der Waals surface area (Å²) in [5.74, 6) is -2.64. The van der Waals surface area contributed by atoms with E-state index < -0.39 is 51.5 Å². The van der Waals surface area contributed by atoms with Crippen molar-refractivity contribution in [3.63, 3.8) is 0 Å². The van der Waals surface area contributed by atoms with Crippen LogP contribution in [0.3, 0.4) is 0 Å². The monoisotopic (exact) mass is 615 g/mol. The van der Waals surface area contributed by atoms with Gasteiger partial charge in [0.2, 0.25) is 12.2 Å². The number of carbonyl (C=O) groups excluding carboxylic acids is 3. The molecule has 3 aromatic rings. The largest absolute Gasteiger partial charge is 0.425 e. The van der Waals surface area contributed by atoms with Crippen LogP contribution in [0.1, 0.15) is 62.3 Å². The van der Waals surface area contributed by atoms with Gasteiger partial charge in [0.05, 0.1) is 28.5 Å². The van der Waals surface area contributed by atoms with Gasteiger partial charge in [0.25, 0.3) is 0 Å². The van der Waals surface area contributed by atoms with Crippen molar-refractivity contribution in [2.24, 2.45) is 11.3 Å². The zero-order valence-corrected chi connectivity index (χ0v) is 25.9. The molecule has 2 aliphatic rings. The fourth-order valence-electron chi connectivity index (χ4n) is 5.55. The van der Waals surface area contributed by atoms with Gasteiger partial charge >= 0.3 is 11.9 Å². The zero-order valence-electron chi connectivity index (χ0n) is 24.3. The molecule has 1 aromatic carbocycles. The number of imidazole rings is 1. The molecule has 11 nitrogen and oxygen atoms in total. The van der Waals surface area contributed by atoms with Crippen LogP contribution in [0.2, 0.25) is 0 Å². The Morgan fingerprint density at radius 2 is 1.79 bits per heavy atom. The summed E-state index contributed by atoms with van der Waals surface area (Å²) in [6.45, 7) is 10.7. The third kappa shape index (κ3) is 4.82. The number of hydrogen-bond donors (Lipinski definition) is 1. The number of aliphatic hydroxyl groups is 1. The predicted octanol–water partition coefficient (Wildman–Crippen LogP) is 3.41. The molecule has 13 heteroatoms. The van der Waals surface area contributed by atoms with E-state index in [0.29, 0.717) is 20.8 Å². The number of sulfone groups is 1. The molecule has 4 heterocycles. The molecule has 1 amide bonds. The molecule has 0 bridgehead atoms. The van der Waals surface area contributed by atoms with Gasteiger partial charge in [-0.15, -0.1) is 11.3 Å². The van der Waals surface area contributed by atoms with Crippen molar-refractivity contribution >= 4 is 49.4 Å². The summed E-state index contributed by atoms with van der Waals surface area (Å²) in [6.07, 6.45) is 3.30. The Kier molecular flexibility index (Phi) is 7.14. The molecule has 0 saturated carbocycles. The second kappa shape index (κ2) is 10.0. The molecule has 1 saturated heterocycles. The minimum Gasteiger partial charge on any atom is -0.425 e. The first-order valence-corrected chi connectivity index (χ1v) is 16.1. The maximum absolute atomic E-state index is 13.9. The van der Waals surface area contributed by atoms with Gasteiger partial charge in [0, 0.05) is 31.1 Å². The van der Waals surface area contributed by atoms with Gasteiger partial charge in [0.15, 0.2) is 14.9 Å². The quantitative estimate of drug-likeness (QED) is 0.240. The topological polar surface area (TPSA) is 145 Å². The number of nitrogens with zero attached hydrogens (tertiary/aromatic N) is 3. The smallest absolute Gasteiger partial charge is 0.341 e. The summed E-state index contributed by atoms with van der Waals surface area (Å²) in [4.78, 5) is 45.9. The van der Waals surface area contributed by atoms with Gasteiger partial charge in [-0.05, 0) is 37.0 Å². The number of ether oxygens (including phenoxy) is 2. The predicted molar refractivity (Wildman–Crippen MR) is 154 cm³/mol. The lowest BCUT2D eigenvalue weighted by atomic mass is 9.67. The molecule has 1 unspecified atom stereocenters. The Morgan fingerprint density at radius 3 is 2.36 bits per heavy atom. The number of hydrogen-bond acceptors (Lipinski definition) is 10. The van der Waals surface area contributed by atoms with Crippen molar-refractivity contribution in [3.05, 3.63) is 59.0 Å². The molecule has 0 aliphatic carbocycles. The maximum Gasteiger partial charge on any atom is 0.341 e. The van der Waals surface area contributed by atoms with Gasteiger partial charge in [0.1, 0.15) is 16.6 Å². The van der Waals surface area contributed by atoms with Crippen molar-refractivity contribution < 1.29 is 37.4 Å². The first-order chi connectivity index (χ1) is 19.4. The number of benzene rings is 1. The molecule has 224 valence electrons. The molecule has 42 heavy (non-hydrogen) atoms. The minimum absolute atomic E-state index is 0.0909. The summed E-state index contributed by atoms with van der Waals surface area (Å²) in [5, 5.41) is 10.3. The Labute approximate surface area is 247 Å². The minimum atomic E-state index is -3.62. The molecule has 5 atom stereocenters. The fourth-order valence-corrected chi connectivity index (χ4v) is 7.88. The molecular formula is C29H33N3O8S2. The van der Waals surface area contributed by atoms with E-state index in [4.69, 9.17) is 9.47 Å². The van der Waals surface area contributed by atoms with Crippen LogP contribution in [0.25, 0.3) is 10.4 Å². The Balaban J connectivity index is 1.43. The molecule has 2 aliphatic heterocycles. The maximum atomic E-state index is 13.9. The molecular weight excluding hydrogens is 582 g/mol. The van der Waals surface area contributed by atoms with Crippen LogP contribution < -0.4 is 0 Å². The van der Waals surface area contributed by atoms with Crippen LogP contribution in [0, 0.1) is 11.3 Å². The number of aromatic nitrogens is 2. The first-order valence-electron chi connectivity index (χ1n) is 13.4. The molecule has 2 aromatic heterocycles. The van der Waals surface area contributed by atoms with E-state index in [9.17, 15) is 27.9 Å². The second-order valence-electron chi connectivity index (χ2n) is 12.0. The number of fused-ring (bicyclic) bond motifs is 2. The van der Waals surface area contributed by atoms with Crippen LogP contribution in [0.15, 0.2) is 48.0 Å². The third-order valence-electron chi connectivity index (χ3n) is 7.87. The lowest BCUT2D eigenvalue weighted by molar-refractivity contribution is -0.184. The number of esters is 2. The molecule has 1 N–H and O–H groups in total. The number of carbonyl (C=O) groups is 3. The zero-order chi connectivity index (χ0) is 30.9. The first kappa shape index (κ1) is 29.9. The standard InChI is InChI=1S/C29H33N3O8S2/c1-15(33)21-22-29(6,27(36)40-16(2)39-26(35)17-8-10-18(11-9-17)28(3,4)5)19(12-32(22)24(21)34)20-13-31-14-30-23(25(31)41-20)42(7,37)38/h8-16,21-22,33H,1-7H3/t15-,16?,21-,22-,29+/m1/s1. The highest BCUT2D eigenvalue weighted by Crippen LogP contribution is 2.56. The highest BCUT2D eigenvalue weighted by molar-refractivity contribution is 7.91. The van der Waals surface area contributed by atoms with E-state index in [-0.39, 0.29) is 16.3 Å². The van der Waals surface area contributed by atoms with Gasteiger partial charge in [-0.3, -0.25) is 14.0 Å². The summed E-state index contributed by atoms with van der Waals surface area (Å²) >= 11 is 1.11. The van der Waals surface area contributed by atoms with Crippen molar-refractivity contribution in [1.82, 2.24) is 14.3 Å². The molecule has 0 radical (unpaired) electrons. The summed E-state index contributed by atoms with van der Waals surface area (Å²) in [7, 11) is -3.62. The second-order valence-corrected chi connectivity index (χ2v) is 15.0. The van der Waals surface area contributed by atoms with E-state index >= 15 is 0 Å². The van der Waals surface area contributed by atoms with Crippen LogP contribution in [0.4, 0.5) is 0 Å². The number of rotatable bonds is 7. The van der Waals surface area contributed by atoms with E-state index in [1.807, 2.05) is 12.1 Å². The van der Waals surface area contributed by atoms with Crippen LogP contribution >= 0.6 is 11.3 Å². The van der Waals surface area contributed by atoms with Crippen molar-refractivity contribution in [1.29, 1.82) is 0 Å². The van der Waals surface area contributed by atoms with Gasteiger partial charge in [-0.1, -0.05) is 32.9 Å². The molecule has 0 spiro atoms. The SMILES string of the molecule is CC(OC(=O)c1ccc(C(C)(C)C)cc1)OC(=O)[C@@]1(C)C(c2cn3cnc(S(C)(=O)=O)c3s2)=CN2C(=O)[C@H]([C@@H](C)O)[C@@H]21. The van der Waals surface area contributed by atoms with E-state index in [0.717, 1.165) is 23.2 Å². The van der Waals surface area contributed by atoms with Gasteiger partial charge < -0.3 is 19.5 Å². The highest BCUT2D eigenvalue weighted by Gasteiger charge is 2.66. The normalized spacial score (nSPS) is 23.7. The molecule has 1 fully saturated rings. The van der Waals surface area contributed by atoms with Crippen molar-refractivity contribution in [2.75, 3.05) is 6.26 Å². The summed E-state index contributed by atoms with van der Waals surface area (Å²) in [5.41, 5.74) is 0.203. The Bertz CT molecular complexity index is 1730. The summed E-state index contributed by atoms with van der Waals surface area (Å²) < 4.78 is 37.1. The van der Waals surface area contributed by atoms with E-state index in [1.165, 1.54) is 25.1 Å². The Hall–Kier alpha value is -3.55. The fraction of sp³-hybridized carbons (Fsp3) is 0.448. The van der Waals surface area contributed by atoms with Gasteiger partial charge in [-0.2, -0.15) is 0 Å². The lowest BCUT2D eigenvalue weighted by Gasteiger charge is -2.49. The van der Waals surface area contributed by atoms with Crippen molar-refractivity contribution in [3.8, 4) is 0 Å².